The Kier molecular flexibility index (Phi) is 7.08. The summed E-state index contributed by atoms with van der Waals surface area (Å²) in [5, 5.41) is 15.0. The molecule has 2 atom stereocenters. The van der Waals surface area contributed by atoms with Gasteiger partial charge in [0.1, 0.15) is 12.4 Å². The van der Waals surface area contributed by atoms with Gasteiger partial charge >= 0.3 is 0 Å². The van der Waals surface area contributed by atoms with Crippen LogP contribution in [0.15, 0.2) is 54.6 Å². The van der Waals surface area contributed by atoms with Gasteiger partial charge in [-0.1, -0.05) is 61.7 Å². The summed E-state index contributed by atoms with van der Waals surface area (Å²) in [5.74, 6) is 1.03. The zero-order chi connectivity index (χ0) is 20.8. The Morgan fingerprint density at radius 2 is 1.80 bits per heavy atom. The summed E-state index contributed by atoms with van der Waals surface area (Å²) in [6.07, 6.45) is 6.51. The molecule has 2 fully saturated rings. The summed E-state index contributed by atoms with van der Waals surface area (Å²) in [7, 11) is 2.05. The Balaban J connectivity index is 1.46. The molecule has 2 N–H and O–H groups in total. The van der Waals surface area contributed by atoms with Crippen LogP contribution in [0.4, 0.5) is 0 Å². The first kappa shape index (κ1) is 21.4. The molecule has 0 radical (unpaired) electrons. The molecule has 0 aromatic heterocycles. The lowest BCUT2D eigenvalue weighted by Gasteiger charge is -2.41. The molecule has 1 aliphatic carbocycles. The number of nitrogens with one attached hydrogen (secondary N) is 1. The Morgan fingerprint density at radius 3 is 2.47 bits per heavy atom. The van der Waals surface area contributed by atoms with Crippen LogP contribution >= 0.6 is 0 Å². The summed E-state index contributed by atoms with van der Waals surface area (Å²) >= 11 is 0. The van der Waals surface area contributed by atoms with Crippen LogP contribution in [0.5, 0.6) is 5.75 Å². The normalized spacial score (nSPS) is 22.7. The molecule has 2 aliphatic rings. The first-order valence-corrected chi connectivity index (χ1v) is 11.5. The molecule has 4 nitrogen and oxygen atoms in total. The van der Waals surface area contributed by atoms with Crippen molar-refractivity contribution < 1.29 is 9.84 Å². The van der Waals surface area contributed by atoms with Crippen molar-refractivity contribution in [2.45, 2.75) is 62.7 Å². The van der Waals surface area contributed by atoms with Crippen molar-refractivity contribution in [1.29, 1.82) is 0 Å². The maximum atomic E-state index is 11.6. The fourth-order valence-electron chi connectivity index (χ4n) is 5.13. The highest BCUT2D eigenvalue weighted by Crippen LogP contribution is 2.41. The molecular weight excluding hydrogens is 372 g/mol. The summed E-state index contributed by atoms with van der Waals surface area (Å²) in [6, 6.07) is 19.3. The second-order valence-corrected chi connectivity index (χ2v) is 9.09. The van der Waals surface area contributed by atoms with E-state index in [0.717, 1.165) is 51.1 Å². The van der Waals surface area contributed by atoms with Crippen LogP contribution in [0.25, 0.3) is 0 Å². The van der Waals surface area contributed by atoms with Gasteiger partial charge in [-0.2, -0.15) is 0 Å². The van der Waals surface area contributed by atoms with Crippen molar-refractivity contribution in [3.63, 3.8) is 0 Å². The smallest absolute Gasteiger partial charge is 0.119 e. The van der Waals surface area contributed by atoms with E-state index in [1.807, 2.05) is 18.2 Å². The predicted octanol–water partition coefficient (Wildman–Crippen LogP) is 4.34. The fourth-order valence-corrected chi connectivity index (χ4v) is 5.13. The number of nitrogens with zero attached hydrogens (tertiary/aromatic N) is 1. The van der Waals surface area contributed by atoms with Crippen LogP contribution < -0.4 is 10.1 Å². The van der Waals surface area contributed by atoms with Crippen LogP contribution in [0, 0.1) is 0 Å². The van der Waals surface area contributed by atoms with E-state index in [-0.39, 0.29) is 5.92 Å². The van der Waals surface area contributed by atoms with Crippen molar-refractivity contribution in [2.75, 3.05) is 26.7 Å². The number of aliphatic hydroxyl groups is 1. The van der Waals surface area contributed by atoms with E-state index >= 15 is 0 Å². The number of rotatable bonds is 8. The molecule has 1 saturated carbocycles. The third-order valence-electron chi connectivity index (χ3n) is 7.02. The number of hydrogen-bond donors (Lipinski definition) is 2. The molecule has 4 heteroatoms. The summed E-state index contributed by atoms with van der Waals surface area (Å²) in [6.45, 7) is 3.68. The van der Waals surface area contributed by atoms with Gasteiger partial charge in [0.25, 0.3) is 0 Å². The molecule has 162 valence electrons. The SMILES string of the molecule is CNC1CCN(CC(c2ccc(OCc3ccccc3)cc2)C2(O)CCCCC2)C1. The Bertz CT molecular complexity index is 771. The van der Waals surface area contributed by atoms with E-state index in [1.165, 1.54) is 24.0 Å². The molecular formula is C26H36N2O2. The molecule has 4 rings (SSSR count). The van der Waals surface area contributed by atoms with E-state index in [4.69, 9.17) is 4.74 Å². The van der Waals surface area contributed by atoms with Gasteiger partial charge in [-0.3, -0.25) is 0 Å². The Hall–Kier alpha value is -1.88. The largest absolute Gasteiger partial charge is 0.489 e. The average Bonchev–Trinajstić information content (AvgIpc) is 3.26. The number of benzene rings is 2. The van der Waals surface area contributed by atoms with Crippen LogP contribution in [0.3, 0.4) is 0 Å². The van der Waals surface area contributed by atoms with E-state index in [0.29, 0.717) is 12.6 Å². The topological polar surface area (TPSA) is 44.7 Å². The molecule has 0 spiro atoms. The highest BCUT2D eigenvalue weighted by Gasteiger charge is 2.40. The molecule has 2 aromatic rings. The molecule has 30 heavy (non-hydrogen) atoms. The lowest BCUT2D eigenvalue weighted by molar-refractivity contribution is -0.0295. The highest BCUT2D eigenvalue weighted by atomic mass is 16.5. The van der Waals surface area contributed by atoms with Gasteiger partial charge in [-0.05, 0) is 56.1 Å². The van der Waals surface area contributed by atoms with Crippen molar-refractivity contribution in [1.82, 2.24) is 10.2 Å². The van der Waals surface area contributed by atoms with Gasteiger partial charge in [0.05, 0.1) is 5.60 Å². The summed E-state index contributed by atoms with van der Waals surface area (Å²) < 4.78 is 5.98. The zero-order valence-electron chi connectivity index (χ0n) is 18.2. The minimum absolute atomic E-state index is 0.150. The molecule has 0 amide bonds. The summed E-state index contributed by atoms with van der Waals surface area (Å²) in [4.78, 5) is 2.53. The average molecular weight is 409 g/mol. The van der Waals surface area contributed by atoms with Gasteiger partial charge < -0.3 is 20.1 Å². The van der Waals surface area contributed by atoms with Crippen molar-refractivity contribution >= 4 is 0 Å². The minimum atomic E-state index is -0.595. The lowest BCUT2D eigenvalue weighted by atomic mass is 9.72. The van der Waals surface area contributed by atoms with Gasteiger partial charge in [0, 0.05) is 25.0 Å². The third kappa shape index (κ3) is 5.23. The van der Waals surface area contributed by atoms with Crippen LogP contribution in [0.2, 0.25) is 0 Å². The Labute approximate surface area is 181 Å². The van der Waals surface area contributed by atoms with Gasteiger partial charge in [-0.25, -0.2) is 0 Å². The second kappa shape index (κ2) is 9.95. The fraction of sp³-hybridized carbons (Fsp3) is 0.538. The maximum Gasteiger partial charge on any atom is 0.119 e. The zero-order valence-corrected chi connectivity index (χ0v) is 18.2. The molecule has 2 unspecified atom stereocenters. The van der Waals surface area contributed by atoms with E-state index < -0.39 is 5.60 Å². The van der Waals surface area contributed by atoms with Crippen LogP contribution in [-0.4, -0.2) is 48.3 Å². The third-order valence-corrected chi connectivity index (χ3v) is 7.02. The number of hydrogen-bond acceptors (Lipinski definition) is 4. The predicted molar refractivity (Wildman–Crippen MR) is 122 cm³/mol. The minimum Gasteiger partial charge on any atom is -0.489 e. The number of ether oxygens (including phenoxy) is 1. The molecule has 0 bridgehead atoms. The van der Waals surface area contributed by atoms with Crippen molar-refractivity contribution in [3.8, 4) is 5.75 Å². The monoisotopic (exact) mass is 408 g/mol. The summed E-state index contributed by atoms with van der Waals surface area (Å²) in [5.41, 5.74) is 1.81. The highest BCUT2D eigenvalue weighted by molar-refractivity contribution is 5.32. The van der Waals surface area contributed by atoms with E-state index in [9.17, 15) is 5.11 Å². The van der Waals surface area contributed by atoms with Gasteiger partial charge in [0.15, 0.2) is 0 Å². The molecule has 1 aliphatic heterocycles. The molecule has 2 aromatic carbocycles. The van der Waals surface area contributed by atoms with Gasteiger partial charge in [0.2, 0.25) is 0 Å². The maximum absolute atomic E-state index is 11.6. The van der Waals surface area contributed by atoms with E-state index in [1.54, 1.807) is 0 Å². The van der Waals surface area contributed by atoms with Crippen LogP contribution in [-0.2, 0) is 6.61 Å². The second-order valence-electron chi connectivity index (χ2n) is 9.09. The van der Waals surface area contributed by atoms with E-state index in [2.05, 4.69) is 53.7 Å². The van der Waals surface area contributed by atoms with Crippen LogP contribution in [0.1, 0.15) is 55.6 Å². The van der Waals surface area contributed by atoms with Crippen molar-refractivity contribution in [3.05, 3.63) is 65.7 Å². The Morgan fingerprint density at radius 1 is 1.07 bits per heavy atom. The first-order valence-electron chi connectivity index (χ1n) is 11.5. The molecule has 1 saturated heterocycles. The lowest BCUT2D eigenvalue weighted by Crippen LogP contribution is -2.44. The molecule has 1 heterocycles. The standard InChI is InChI=1S/C26H36N2O2/c1-27-23-14-17-28(18-23)19-25(26(29)15-6-3-7-16-26)22-10-12-24(13-11-22)30-20-21-8-4-2-5-9-21/h2,4-5,8-13,23,25,27,29H,3,6-7,14-20H2,1H3. The van der Waals surface area contributed by atoms with Crippen molar-refractivity contribution in [2.24, 2.45) is 0 Å². The van der Waals surface area contributed by atoms with Gasteiger partial charge in [-0.15, -0.1) is 0 Å². The first-order chi connectivity index (χ1) is 14.7. The number of likely N-dealkylation sites (tertiary alicyclic amines) is 1. The quantitative estimate of drug-likeness (QED) is 0.682. The number of likely N-dealkylation sites (N-methyl/N-ethyl adjacent to an activating group) is 1.